The molecule has 36 heavy (non-hydrogen) atoms. The minimum absolute atomic E-state index is 0.150. The van der Waals surface area contributed by atoms with Crippen LogP contribution in [0, 0.1) is 11.3 Å². The topological polar surface area (TPSA) is 106 Å². The Morgan fingerprint density at radius 1 is 1.19 bits per heavy atom. The Labute approximate surface area is 213 Å². The Balaban J connectivity index is 1.92. The van der Waals surface area contributed by atoms with Crippen molar-refractivity contribution in [3.05, 3.63) is 94.9 Å². The fourth-order valence-electron chi connectivity index (χ4n) is 3.91. The van der Waals surface area contributed by atoms with E-state index in [0.29, 0.717) is 21.9 Å². The van der Waals surface area contributed by atoms with Crippen molar-refractivity contribution >= 4 is 28.4 Å². The summed E-state index contributed by atoms with van der Waals surface area (Å²) in [5.41, 5.74) is 8.57. The van der Waals surface area contributed by atoms with Gasteiger partial charge in [-0.3, -0.25) is 14.4 Å². The van der Waals surface area contributed by atoms with Crippen molar-refractivity contribution < 1.29 is 4.74 Å². The van der Waals surface area contributed by atoms with Crippen LogP contribution in [0.25, 0.3) is 27.6 Å². The van der Waals surface area contributed by atoms with Crippen molar-refractivity contribution in [2.45, 2.75) is 24.2 Å². The first-order chi connectivity index (χ1) is 17.5. The summed E-state index contributed by atoms with van der Waals surface area (Å²) in [4.78, 5) is 22.8. The van der Waals surface area contributed by atoms with E-state index in [1.807, 2.05) is 79.7 Å². The van der Waals surface area contributed by atoms with E-state index in [1.165, 1.54) is 11.8 Å². The van der Waals surface area contributed by atoms with Gasteiger partial charge < -0.3 is 10.5 Å². The predicted molar refractivity (Wildman–Crippen MR) is 146 cm³/mol. The summed E-state index contributed by atoms with van der Waals surface area (Å²) in [5.74, 6) is 0.644. The number of hydrogen-bond acceptors (Lipinski definition) is 6. The maximum Gasteiger partial charge on any atom is 0.264 e. The van der Waals surface area contributed by atoms with E-state index in [2.05, 4.69) is 9.98 Å². The molecule has 0 spiro atoms. The summed E-state index contributed by atoms with van der Waals surface area (Å²) >= 11 is 1.40. The number of methoxy groups -OCH3 is 1. The molecule has 0 saturated heterocycles. The van der Waals surface area contributed by atoms with Gasteiger partial charge in [0.2, 0.25) is 5.88 Å². The van der Waals surface area contributed by atoms with Crippen LogP contribution in [0.4, 0.5) is 0 Å². The zero-order valence-electron chi connectivity index (χ0n) is 20.2. The normalized spacial score (nSPS) is 12.8. The third-order valence-corrected chi connectivity index (χ3v) is 6.57. The average Bonchev–Trinajstić information content (AvgIpc) is 2.89. The van der Waals surface area contributed by atoms with Crippen LogP contribution in [0.2, 0.25) is 0 Å². The molecule has 180 valence electrons. The van der Waals surface area contributed by atoms with Crippen molar-refractivity contribution in [2.24, 2.45) is 10.7 Å². The highest BCUT2D eigenvalue weighted by Crippen LogP contribution is 2.33. The van der Waals surface area contributed by atoms with Crippen molar-refractivity contribution in [2.75, 3.05) is 7.11 Å². The number of ether oxygens (including phenoxy) is 1. The van der Waals surface area contributed by atoms with Gasteiger partial charge in [0.25, 0.3) is 5.56 Å². The van der Waals surface area contributed by atoms with Gasteiger partial charge in [0.05, 0.1) is 23.1 Å². The van der Waals surface area contributed by atoms with Crippen LogP contribution >= 0.6 is 11.8 Å². The number of fused-ring (bicyclic) bond motifs is 1. The van der Waals surface area contributed by atoms with Crippen LogP contribution in [-0.2, 0) is 0 Å². The number of aromatic nitrogens is 2. The predicted octanol–water partition coefficient (Wildman–Crippen LogP) is 5.33. The number of para-hydroxylation sites is 1. The number of aliphatic imine (C=N–C) groups is 1. The Hall–Kier alpha value is -4.35. The molecule has 0 aliphatic carbocycles. The van der Waals surface area contributed by atoms with Crippen LogP contribution in [0.5, 0.6) is 5.88 Å². The monoisotopic (exact) mass is 495 g/mol. The number of amidine groups is 1. The molecule has 1 atom stereocenters. The first kappa shape index (κ1) is 24.8. The largest absolute Gasteiger partial charge is 0.481 e. The lowest BCUT2D eigenvalue weighted by atomic mass is 10.00. The first-order valence-corrected chi connectivity index (χ1v) is 12.2. The molecule has 0 aliphatic heterocycles. The van der Waals surface area contributed by atoms with Crippen molar-refractivity contribution in [1.82, 2.24) is 9.55 Å². The number of hydrogen-bond donors (Lipinski definition) is 1. The van der Waals surface area contributed by atoms with E-state index in [4.69, 9.17) is 10.5 Å². The Kier molecular flexibility index (Phi) is 7.52. The molecule has 2 heterocycles. The van der Waals surface area contributed by atoms with E-state index < -0.39 is 0 Å². The standard InChI is InChI=1S/C28H25N5O2S/c1-4-19(17-29)27(30)32-18(2)36-25-16-21-9-8-12-23(20-13-14-31-24(15-20)35-3)26(21)28(34)33(25)22-10-6-5-7-11-22/h4-16,18H,1-3H3,(H2,30,32)/b19-4-/t18-/m1/s1. The summed E-state index contributed by atoms with van der Waals surface area (Å²) in [6.07, 6.45) is 3.29. The zero-order valence-corrected chi connectivity index (χ0v) is 21.0. The lowest BCUT2D eigenvalue weighted by molar-refractivity contribution is 0.398. The number of nitrogens with zero attached hydrogens (tertiary/aromatic N) is 4. The molecular formula is C28H25N5O2S. The summed E-state index contributed by atoms with van der Waals surface area (Å²) in [6, 6.07) is 23.0. The molecule has 4 aromatic rings. The minimum Gasteiger partial charge on any atom is -0.481 e. The first-order valence-electron chi connectivity index (χ1n) is 11.3. The molecule has 0 aliphatic rings. The van der Waals surface area contributed by atoms with E-state index in [1.54, 1.807) is 30.9 Å². The van der Waals surface area contributed by atoms with Gasteiger partial charge in [-0.2, -0.15) is 5.26 Å². The molecule has 2 aromatic carbocycles. The highest BCUT2D eigenvalue weighted by molar-refractivity contribution is 7.99. The number of nitrogens with two attached hydrogens (primary N) is 1. The van der Waals surface area contributed by atoms with Gasteiger partial charge in [0, 0.05) is 18.0 Å². The lowest BCUT2D eigenvalue weighted by Gasteiger charge is -2.17. The van der Waals surface area contributed by atoms with Gasteiger partial charge in [-0.1, -0.05) is 54.2 Å². The second kappa shape index (κ2) is 10.9. The third-order valence-electron chi connectivity index (χ3n) is 5.58. The smallest absolute Gasteiger partial charge is 0.264 e. The summed E-state index contributed by atoms with van der Waals surface area (Å²) in [6.45, 7) is 3.62. The van der Waals surface area contributed by atoms with E-state index in [0.717, 1.165) is 22.2 Å². The number of benzene rings is 2. The Bertz CT molecular complexity index is 1570. The van der Waals surface area contributed by atoms with Crippen LogP contribution in [0.1, 0.15) is 13.8 Å². The molecule has 4 rings (SSSR count). The van der Waals surface area contributed by atoms with Gasteiger partial charge in [-0.25, -0.2) is 4.98 Å². The fraction of sp³-hybridized carbons (Fsp3) is 0.143. The second-order valence-corrected chi connectivity index (χ2v) is 9.20. The van der Waals surface area contributed by atoms with Crippen LogP contribution in [-0.4, -0.2) is 27.9 Å². The SMILES string of the molecule is C/C=C(C#N)\C(N)=N\[C@@H](C)Sc1cc2cccc(-c3ccnc(OC)c3)c2c(=O)n1-c1ccccc1. The molecule has 8 heteroatoms. The van der Waals surface area contributed by atoms with Gasteiger partial charge in [-0.05, 0) is 54.6 Å². The lowest BCUT2D eigenvalue weighted by Crippen LogP contribution is -2.22. The van der Waals surface area contributed by atoms with Gasteiger partial charge in [0.1, 0.15) is 17.3 Å². The van der Waals surface area contributed by atoms with Crippen LogP contribution in [0.3, 0.4) is 0 Å². The van der Waals surface area contributed by atoms with Crippen molar-refractivity contribution in [3.8, 4) is 28.8 Å². The zero-order chi connectivity index (χ0) is 25.7. The summed E-state index contributed by atoms with van der Waals surface area (Å²) in [7, 11) is 1.56. The highest BCUT2D eigenvalue weighted by Gasteiger charge is 2.18. The fourth-order valence-corrected chi connectivity index (χ4v) is 4.92. The van der Waals surface area contributed by atoms with Gasteiger partial charge in [0.15, 0.2) is 0 Å². The number of thioether (sulfide) groups is 1. The maximum absolute atomic E-state index is 14.1. The molecule has 0 fully saturated rings. The quantitative estimate of drug-likeness (QED) is 0.161. The molecule has 0 unspecified atom stereocenters. The van der Waals surface area contributed by atoms with E-state index in [-0.39, 0.29) is 16.8 Å². The third kappa shape index (κ3) is 5.02. The molecule has 0 amide bonds. The molecule has 0 bridgehead atoms. The van der Waals surface area contributed by atoms with Crippen LogP contribution < -0.4 is 16.0 Å². The minimum atomic E-state index is -0.340. The maximum atomic E-state index is 14.1. The summed E-state index contributed by atoms with van der Waals surface area (Å²) < 4.78 is 6.99. The number of allylic oxidation sites excluding steroid dienone is 1. The van der Waals surface area contributed by atoms with Crippen molar-refractivity contribution in [3.63, 3.8) is 0 Å². The Morgan fingerprint density at radius 3 is 2.67 bits per heavy atom. The van der Waals surface area contributed by atoms with E-state index >= 15 is 0 Å². The molecular weight excluding hydrogens is 470 g/mol. The van der Waals surface area contributed by atoms with Crippen molar-refractivity contribution in [1.29, 1.82) is 5.26 Å². The average molecular weight is 496 g/mol. The van der Waals surface area contributed by atoms with E-state index in [9.17, 15) is 10.1 Å². The summed E-state index contributed by atoms with van der Waals surface area (Å²) in [5, 5.41) is 11.0. The number of nitriles is 1. The van der Waals surface area contributed by atoms with Crippen LogP contribution in [0.15, 0.2) is 99.4 Å². The second-order valence-electron chi connectivity index (χ2n) is 7.86. The molecule has 0 saturated carbocycles. The number of pyridine rings is 2. The molecule has 2 N–H and O–H groups in total. The number of rotatable bonds is 7. The van der Waals surface area contributed by atoms with Gasteiger partial charge >= 0.3 is 0 Å². The molecule has 2 aromatic heterocycles. The Morgan fingerprint density at radius 2 is 1.97 bits per heavy atom. The molecule has 7 nitrogen and oxygen atoms in total. The molecule has 0 radical (unpaired) electrons. The highest BCUT2D eigenvalue weighted by atomic mass is 32.2. The van der Waals surface area contributed by atoms with Gasteiger partial charge in [-0.15, -0.1) is 0 Å².